The maximum atomic E-state index is 12.6. The van der Waals surface area contributed by atoms with E-state index in [9.17, 15) is 18.9 Å². The van der Waals surface area contributed by atoms with E-state index in [4.69, 9.17) is 0 Å². The molecule has 2 aromatic rings. The van der Waals surface area contributed by atoms with Crippen LogP contribution in [0, 0.1) is 48.3 Å². The van der Waals surface area contributed by atoms with Crippen LogP contribution in [-0.4, -0.2) is 19.9 Å². The molecule has 0 aliphatic carbocycles. The van der Waals surface area contributed by atoms with Crippen LogP contribution in [0.1, 0.15) is 22.3 Å². The second-order valence-corrected chi connectivity index (χ2v) is 9.27. The molecule has 0 radical (unpaired) electrons. The monoisotopic (exact) mass is 380 g/mol. The Kier molecular flexibility index (Phi) is 7.16. The Labute approximate surface area is 162 Å². The van der Waals surface area contributed by atoms with Crippen molar-refractivity contribution in [1.82, 2.24) is 0 Å². The molecule has 2 rings (SSSR count). The van der Waals surface area contributed by atoms with E-state index < -0.39 is 21.7 Å². The standard InChI is InChI=1S/C22H24N2O2S/c1-17-5-3-7-19(9-17)11-21(13-23)15-27(25,26)16-22(14-24)12-20-8-4-6-18(2)10-20/h3-10,21-22H,11-12,15-16H2,1-2H3. The van der Waals surface area contributed by atoms with Gasteiger partial charge in [0, 0.05) is 0 Å². The summed E-state index contributed by atoms with van der Waals surface area (Å²) in [6.07, 6.45) is 0.791. The number of hydrogen-bond acceptors (Lipinski definition) is 4. The van der Waals surface area contributed by atoms with Gasteiger partial charge < -0.3 is 0 Å². The first-order valence-electron chi connectivity index (χ1n) is 8.92. The molecule has 0 aliphatic rings. The number of hydrogen-bond donors (Lipinski definition) is 0. The first kappa shape index (κ1) is 20.7. The van der Waals surface area contributed by atoms with Crippen LogP contribution in [0.15, 0.2) is 48.5 Å². The van der Waals surface area contributed by atoms with Crippen LogP contribution in [0.3, 0.4) is 0 Å². The third-order valence-corrected chi connectivity index (χ3v) is 6.23. The molecule has 4 nitrogen and oxygen atoms in total. The second-order valence-electron chi connectivity index (χ2n) is 7.12. The summed E-state index contributed by atoms with van der Waals surface area (Å²) in [4.78, 5) is 0. The highest BCUT2D eigenvalue weighted by atomic mass is 32.2. The van der Waals surface area contributed by atoms with Crippen molar-refractivity contribution in [3.8, 4) is 12.1 Å². The molecular weight excluding hydrogens is 356 g/mol. The highest BCUT2D eigenvalue weighted by molar-refractivity contribution is 7.91. The number of sulfone groups is 1. The highest BCUT2D eigenvalue weighted by Gasteiger charge is 2.24. The molecule has 0 N–H and O–H groups in total. The Morgan fingerprint density at radius 2 is 1.22 bits per heavy atom. The van der Waals surface area contributed by atoms with Crippen molar-refractivity contribution in [2.24, 2.45) is 11.8 Å². The summed E-state index contributed by atoms with van der Waals surface area (Å²) in [5.74, 6) is -1.67. The topological polar surface area (TPSA) is 81.7 Å². The van der Waals surface area contributed by atoms with Crippen molar-refractivity contribution >= 4 is 9.84 Å². The van der Waals surface area contributed by atoms with Crippen molar-refractivity contribution < 1.29 is 8.42 Å². The number of nitriles is 2. The number of rotatable bonds is 8. The largest absolute Gasteiger partial charge is 0.229 e. The van der Waals surface area contributed by atoms with Crippen LogP contribution in [0.5, 0.6) is 0 Å². The van der Waals surface area contributed by atoms with E-state index >= 15 is 0 Å². The van der Waals surface area contributed by atoms with Crippen LogP contribution >= 0.6 is 0 Å². The summed E-state index contributed by atoms with van der Waals surface area (Å²) >= 11 is 0. The van der Waals surface area contributed by atoms with E-state index in [0.29, 0.717) is 12.8 Å². The molecule has 0 saturated heterocycles. The van der Waals surface area contributed by atoms with Gasteiger partial charge in [-0.05, 0) is 37.8 Å². The highest BCUT2D eigenvalue weighted by Crippen LogP contribution is 2.17. The molecule has 0 bridgehead atoms. The van der Waals surface area contributed by atoms with Crippen molar-refractivity contribution in [2.45, 2.75) is 26.7 Å². The molecule has 0 spiro atoms. The van der Waals surface area contributed by atoms with Crippen molar-refractivity contribution in [3.05, 3.63) is 70.8 Å². The van der Waals surface area contributed by atoms with E-state index in [-0.39, 0.29) is 11.5 Å². The van der Waals surface area contributed by atoms with Gasteiger partial charge in [-0.15, -0.1) is 0 Å². The van der Waals surface area contributed by atoms with Gasteiger partial charge in [-0.1, -0.05) is 59.7 Å². The first-order valence-corrected chi connectivity index (χ1v) is 10.7. The third-order valence-electron chi connectivity index (χ3n) is 4.40. The quantitative estimate of drug-likeness (QED) is 0.698. The number of aryl methyl sites for hydroxylation is 2. The van der Waals surface area contributed by atoms with E-state index in [1.54, 1.807) is 0 Å². The molecule has 5 heteroatoms. The SMILES string of the molecule is Cc1cccc(CC(C#N)CS(=O)(=O)CC(C#N)Cc2cccc(C)c2)c1. The lowest BCUT2D eigenvalue weighted by Gasteiger charge is -2.13. The molecule has 0 heterocycles. The zero-order chi connectivity index (χ0) is 19.9. The van der Waals surface area contributed by atoms with Crippen LogP contribution in [0.25, 0.3) is 0 Å². The van der Waals surface area contributed by atoms with Gasteiger partial charge in [0.25, 0.3) is 0 Å². The van der Waals surface area contributed by atoms with Gasteiger partial charge in [0.05, 0.1) is 35.5 Å². The van der Waals surface area contributed by atoms with E-state index in [1.165, 1.54) is 0 Å². The molecule has 0 amide bonds. The minimum absolute atomic E-state index is 0.219. The Balaban J connectivity index is 2.03. The van der Waals surface area contributed by atoms with Crippen molar-refractivity contribution in [1.29, 1.82) is 10.5 Å². The zero-order valence-corrected chi connectivity index (χ0v) is 16.5. The van der Waals surface area contributed by atoms with Gasteiger partial charge in [-0.25, -0.2) is 8.42 Å². The van der Waals surface area contributed by atoms with Gasteiger partial charge in [-0.3, -0.25) is 0 Å². The maximum absolute atomic E-state index is 12.6. The maximum Gasteiger partial charge on any atom is 0.152 e. The predicted molar refractivity (Wildman–Crippen MR) is 107 cm³/mol. The molecule has 0 aliphatic heterocycles. The smallest absolute Gasteiger partial charge is 0.152 e. The molecule has 140 valence electrons. The first-order chi connectivity index (χ1) is 12.8. The van der Waals surface area contributed by atoms with Gasteiger partial charge >= 0.3 is 0 Å². The lowest BCUT2D eigenvalue weighted by atomic mass is 10.0. The lowest BCUT2D eigenvalue weighted by molar-refractivity contribution is 0.573. The third kappa shape index (κ3) is 6.89. The minimum Gasteiger partial charge on any atom is -0.229 e. The van der Waals surface area contributed by atoms with Crippen molar-refractivity contribution in [3.63, 3.8) is 0 Å². The Morgan fingerprint density at radius 1 is 0.815 bits per heavy atom. The van der Waals surface area contributed by atoms with Gasteiger partial charge in [0.2, 0.25) is 0 Å². The van der Waals surface area contributed by atoms with E-state index in [0.717, 1.165) is 22.3 Å². The molecular formula is C22H24N2O2S. The lowest BCUT2D eigenvalue weighted by Crippen LogP contribution is -2.24. The summed E-state index contributed by atoms with van der Waals surface area (Å²) < 4.78 is 25.2. The van der Waals surface area contributed by atoms with Crippen LogP contribution in [-0.2, 0) is 22.7 Å². The fourth-order valence-electron chi connectivity index (χ4n) is 3.21. The number of nitrogens with zero attached hydrogens (tertiary/aromatic N) is 2. The van der Waals surface area contributed by atoms with Crippen LogP contribution in [0.4, 0.5) is 0 Å². The predicted octanol–water partition coefficient (Wildman–Crippen LogP) is 3.78. The van der Waals surface area contributed by atoms with E-state index in [2.05, 4.69) is 12.1 Å². The van der Waals surface area contributed by atoms with Crippen LogP contribution < -0.4 is 0 Å². The molecule has 2 aromatic carbocycles. The molecule has 0 saturated carbocycles. The Morgan fingerprint density at radius 3 is 1.56 bits per heavy atom. The van der Waals surface area contributed by atoms with E-state index in [1.807, 2.05) is 62.4 Å². The fraction of sp³-hybridized carbons (Fsp3) is 0.364. The van der Waals surface area contributed by atoms with Gasteiger partial charge in [0.1, 0.15) is 0 Å². The number of benzene rings is 2. The Hall–Kier alpha value is -2.63. The fourth-order valence-corrected chi connectivity index (χ4v) is 4.96. The molecule has 0 aromatic heterocycles. The van der Waals surface area contributed by atoms with Gasteiger partial charge in [-0.2, -0.15) is 10.5 Å². The average molecular weight is 381 g/mol. The van der Waals surface area contributed by atoms with Crippen molar-refractivity contribution in [2.75, 3.05) is 11.5 Å². The molecule has 2 unspecified atom stereocenters. The zero-order valence-electron chi connectivity index (χ0n) is 15.7. The summed E-state index contributed by atoms with van der Waals surface area (Å²) in [5.41, 5.74) is 4.06. The minimum atomic E-state index is -3.51. The molecule has 2 atom stereocenters. The van der Waals surface area contributed by atoms with Crippen LogP contribution in [0.2, 0.25) is 0 Å². The average Bonchev–Trinajstić information content (AvgIpc) is 2.60. The molecule has 27 heavy (non-hydrogen) atoms. The second kappa shape index (κ2) is 9.35. The summed E-state index contributed by atoms with van der Waals surface area (Å²) in [7, 11) is -3.51. The molecule has 0 fully saturated rings. The summed E-state index contributed by atoms with van der Waals surface area (Å²) in [6.45, 7) is 3.93. The Bertz CT molecular complexity index is 895. The summed E-state index contributed by atoms with van der Waals surface area (Å²) in [5, 5.41) is 18.8. The summed E-state index contributed by atoms with van der Waals surface area (Å²) in [6, 6.07) is 19.7. The normalized spacial score (nSPS) is 13.3. The van der Waals surface area contributed by atoms with Gasteiger partial charge in [0.15, 0.2) is 9.84 Å².